The van der Waals surface area contributed by atoms with Crippen LogP contribution in [0.5, 0.6) is 0 Å². The van der Waals surface area contributed by atoms with Crippen LogP contribution in [-0.4, -0.2) is 38.8 Å². The highest BCUT2D eigenvalue weighted by Crippen LogP contribution is 2.22. The molecule has 3 heteroatoms. The van der Waals surface area contributed by atoms with Gasteiger partial charge in [0, 0.05) is 43.6 Å². The van der Waals surface area contributed by atoms with E-state index >= 15 is 0 Å². The maximum Gasteiger partial charge on any atom is 0.0368 e. The second-order valence-corrected chi connectivity index (χ2v) is 5.55. The summed E-state index contributed by atoms with van der Waals surface area (Å²) in [6.07, 6.45) is 2.43. The fourth-order valence-electron chi connectivity index (χ4n) is 2.97. The molecule has 1 N–H and O–H groups in total. The Morgan fingerprint density at radius 3 is 2.45 bits per heavy atom. The number of hydrogen-bond acceptors (Lipinski definition) is 3. The molecule has 1 aromatic rings. The van der Waals surface area contributed by atoms with Gasteiger partial charge in [0.2, 0.25) is 0 Å². The van der Waals surface area contributed by atoms with E-state index in [1.807, 2.05) is 0 Å². The third-order valence-corrected chi connectivity index (χ3v) is 4.31. The molecule has 0 aromatic heterocycles. The molecule has 2 rings (SSSR count). The van der Waals surface area contributed by atoms with E-state index in [4.69, 9.17) is 0 Å². The fourth-order valence-corrected chi connectivity index (χ4v) is 2.97. The first-order chi connectivity index (χ1) is 9.78. The van der Waals surface area contributed by atoms with Gasteiger partial charge in [0.05, 0.1) is 0 Å². The highest BCUT2D eigenvalue weighted by Gasteiger charge is 2.16. The van der Waals surface area contributed by atoms with Crippen molar-refractivity contribution in [2.45, 2.75) is 39.7 Å². The smallest absolute Gasteiger partial charge is 0.0368 e. The van der Waals surface area contributed by atoms with Crippen molar-refractivity contribution < 1.29 is 0 Å². The van der Waals surface area contributed by atoms with Gasteiger partial charge < -0.3 is 15.1 Å². The van der Waals surface area contributed by atoms with Crippen molar-refractivity contribution in [3.8, 4) is 0 Å². The van der Waals surface area contributed by atoms with E-state index in [1.54, 1.807) is 0 Å². The standard InChI is InChI=1S/C17H29N3/c1-4-15-14-20(13-7-12-18-15)17-10-8-16(9-11-17)19(5-2)6-3/h8-11,15,18H,4-7,12-14H2,1-3H3. The number of anilines is 2. The van der Waals surface area contributed by atoms with Crippen LogP contribution in [-0.2, 0) is 0 Å². The Bertz CT molecular complexity index is 384. The van der Waals surface area contributed by atoms with Crippen LogP contribution in [0.2, 0.25) is 0 Å². The Morgan fingerprint density at radius 1 is 1.15 bits per heavy atom. The SMILES string of the molecule is CCC1CN(c2ccc(N(CC)CC)cc2)CCCN1. The molecular formula is C17H29N3. The topological polar surface area (TPSA) is 18.5 Å². The predicted octanol–water partition coefficient (Wildman–Crippen LogP) is 3.11. The summed E-state index contributed by atoms with van der Waals surface area (Å²) in [4.78, 5) is 4.92. The minimum Gasteiger partial charge on any atom is -0.372 e. The first kappa shape index (κ1) is 15.2. The van der Waals surface area contributed by atoms with Crippen molar-refractivity contribution in [2.75, 3.05) is 42.5 Å². The Hall–Kier alpha value is -1.22. The normalized spacial score (nSPS) is 19.8. The number of nitrogens with zero attached hydrogens (tertiary/aromatic N) is 2. The van der Waals surface area contributed by atoms with Crippen molar-refractivity contribution in [3.63, 3.8) is 0 Å². The lowest BCUT2D eigenvalue weighted by Crippen LogP contribution is -2.37. The average molecular weight is 275 g/mol. The number of hydrogen-bond donors (Lipinski definition) is 1. The van der Waals surface area contributed by atoms with Crippen LogP contribution >= 0.6 is 0 Å². The molecule has 0 aliphatic carbocycles. The lowest BCUT2D eigenvalue weighted by atomic mass is 10.2. The summed E-state index contributed by atoms with van der Waals surface area (Å²) < 4.78 is 0. The fraction of sp³-hybridized carbons (Fsp3) is 0.647. The lowest BCUT2D eigenvalue weighted by molar-refractivity contribution is 0.528. The minimum atomic E-state index is 0.625. The van der Waals surface area contributed by atoms with Crippen molar-refractivity contribution in [3.05, 3.63) is 24.3 Å². The van der Waals surface area contributed by atoms with Crippen LogP contribution in [0.1, 0.15) is 33.6 Å². The molecule has 1 aliphatic rings. The Labute approximate surface area is 124 Å². The monoisotopic (exact) mass is 275 g/mol. The van der Waals surface area contributed by atoms with Crippen molar-refractivity contribution in [1.82, 2.24) is 5.32 Å². The molecule has 1 heterocycles. The van der Waals surface area contributed by atoms with Gasteiger partial charge in [-0.05, 0) is 57.5 Å². The van der Waals surface area contributed by atoms with E-state index in [2.05, 4.69) is 60.2 Å². The van der Waals surface area contributed by atoms with Gasteiger partial charge in [0.15, 0.2) is 0 Å². The van der Waals surface area contributed by atoms with Crippen LogP contribution < -0.4 is 15.1 Å². The molecule has 1 atom stereocenters. The van der Waals surface area contributed by atoms with E-state index in [0.29, 0.717) is 6.04 Å². The molecule has 1 aliphatic heterocycles. The molecule has 1 aromatic carbocycles. The maximum atomic E-state index is 3.63. The van der Waals surface area contributed by atoms with Gasteiger partial charge in [-0.2, -0.15) is 0 Å². The summed E-state index contributed by atoms with van der Waals surface area (Å²) in [7, 11) is 0. The average Bonchev–Trinajstić information content (AvgIpc) is 2.75. The van der Waals surface area contributed by atoms with Crippen molar-refractivity contribution in [1.29, 1.82) is 0 Å². The third-order valence-electron chi connectivity index (χ3n) is 4.31. The molecule has 1 saturated heterocycles. The minimum absolute atomic E-state index is 0.625. The molecule has 112 valence electrons. The second kappa shape index (κ2) is 7.53. The maximum absolute atomic E-state index is 3.63. The largest absolute Gasteiger partial charge is 0.372 e. The molecule has 1 unspecified atom stereocenters. The molecular weight excluding hydrogens is 246 g/mol. The molecule has 0 saturated carbocycles. The summed E-state index contributed by atoms with van der Waals surface area (Å²) in [5.41, 5.74) is 2.70. The van der Waals surface area contributed by atoms with E-state index < -0.39 is 0 Å². The summed E-state index contributed by atoms with van der Waals surface area (Å²) in [5.74, 6) is 0. The second-order valence-electron chi connectivity index (χ2n) is 5.55. The van der Waals surface area contributed by atoms with Crippen LogP contribution in [0.25, 0.3) is 0 Å². The van der Waals surface area contributed by atoms with Gasteiger partial charge >= 0.3 is 0 Å². The third kappa shape index (κ3) is 3.66. The first-order valence-electron chi connectivity index (χ1n) is 8.11. The van der Waals surface area contributed by atoms with Gasteiger partial charge in [0.25, 0.3) is 0 Å². The van der Waals surface area contributed by atoms with Crippen molar-refractivity contribution in [2.24, 2.45) is 0 Å². The summed E-state index contributed by atoms with van der Waals surface area (Å²) >= 11 is 0. The van der Waals surface area contributed by atoms with E-state index in [9.17, 15) is 0 Å². The number of benzene rings is 1. The van der Waals surface area contributed by atoms with E-state index in [0.717, 1.165) is 32.7 Å². The molecule has 1 fully saturated rings. The van der Waals surface area contributed by atoms with Crippen LogP contribution in [0.15, 0.2) is 24.3 Å². The zero-order valence-corrected chi connectivity index (χ0v) is 13.2. The molecule has 0 bridgehead atoms. The molecule has 20 heavy (non-hydrogen) atoms. The van der Waals surface area contributed by atoms with Gasteiger partial charge in [0.1, 0.15) is 0 Å². The number of rotatable bonds is 5. The van der Waals surface area contributed by atoms with Crippen LogP contribution in [0, 0.1) is 0 Å². The molecule has 0 amide bonds. The Kier molecular flexibility index (Phi) is 5.72. The van der Waals surface area contributed by atoms with Gasteiger partial charge in [-0.25, -0.2) is 0 Å². The number of nitrogens with one attached hydrogen (secondary N) is 1. The lowest BCUT2D eigenvalue weighted by Gasteiger charge is -2.27. The summed E-state index contributed by atoms with van der Waals surface area (Å²) in [6, 6.07) is 9.72. The summed E-state index contributed by atoms with van der Waals surface area (Å²) in [5, 5.41) is 3.63. The quantitative estimate of drug-likeness (QED) is 0.891. The molecule has 3 nitrogen and oxygen atoms in total. The van der Waals surface area contributed by atoms with E-state index in [-0.39, 0.29) is 0 Å². The zero-order chi connectivity index (χ0) is 14.4. The predicted molar refractivity (Wildman–Crippen MR) is 88.9 cm³/mol. The van der Waals surface area contributed by atoms with E-state index in [1.165, 1.54) is 24.2 Å². The molecule has 0 radical (unpaired) electrons. The van der Waals surface area contributed by atoms with Gasteiger partial charge in [-0.15, -0.1) is 0 Å². The summed E-state index contributed by atoms with van der Waals surface area (Å²) in [6.45, 7) is 12.3. The van der Waals surface area contributed by atoms with Crippen LogP contribution in [0.3, 0.4) is 0 Å². The highest BCUT2D eigenvalue weighted by atomic mass is 15.2. The Morgan fingerprint density at radius 2 is 1.85 bits per heavy atom. The van der Waals surface area contributed by atoms with Gasteiger partial charge in [-0.3, -0.25) is 0 Å². The Balaban J connectivity index is 2.08. The van der Waals surface area contributed by atoms with Gasteiger partial charge in [-0.1, -0.05) is 6.92 Å². The molecule has 0 spiro atoms. The van der Waals surface area contributed by atoms with Crippen LogP contribution in [0.4, 0.5) is 11.4 Å². The highest BCUT2D eigenvalue weighted by molar-refractivity contribution is 5.56. The first-order valence-corrected chi connectivity index (χ1v) is 8.11. The zero-order valence-electron chi connectivity index (χ0n) is 13.2. The van der Waals surface area contributed by atoms with Crippen molar-refractivity contribution >= 4 is 11.4 Å².